The number of nitrogens with zero attached hydrogens (tertiary/aromatic N) is 3. The van der Waals surface area contributed by atoms with Gasteiger partial charge in [0.15, 0.2) is 0 Å². The molecular formula is C25H39FN4O5. The summed E-state index contributed by atoms with van der Waals surface area (Å²) in [6.07, 6.45) is 2.91. The molecule has 1 aromatic carbocycles. The van der Waals surface area contributed by atoms with Crippen LogP contribution in [0.15, 0.2) is 23.2 Å². The van der Waals surface area contributed by atoms with Gasteiger partial charge in [-0.05, 0) is 78.4 Å². The lowest BCUT2D eigenvalue weighted by molar-refractivity contribution is -0.108. The molecule has 0 aromatic heterocycles. The molecule has 2 rings (SSSR count). The molecule has 1 fully saturated rings. The van der Waals surface area contributed by atoms with Crippen molar-refractivity contribution in [1.29, 1.82) is 0 Å². The van der Waals surface area contributed by atoms with Crippen molar-refractivity contribution in [3.8, 4) is 5.75 Å². The van der Waals surface area contributed by atoms with Gasteiger partial charge in [0.25, 0.3) is 5.91 Å². The van der Waals surface area contributed by atoms with E-state index in [1.165, 1.54) is 24.1 Å². The lowest BCUT2D eigenvalue weighted by Gasteiger charge is -2.28. The molecule has 0 saturated carbocycles. The van der Waals surface area contributed by atoms with Crippen LogP contribution in [0.4, 0.5) is 9.18 Å². The number of nitrogens with two attached hydrogens (primary N) is 1. The van der Waals surface area contributed by atoms with Crippen LogP contribution in [0.1, 0.15) is 56.8 Å². The first kappa shape index (κ1) is 30.0. The van der Waals surface area contributed by atoms with Gasteiger partial charge in [-0.2, -0.15) is 0 Å². The van der Waals surface area contributed by atoms with Gasteiger partial charge in [-0.25, -0.2) is 9.18 Å². The molecule has 0 spiro atoms. The Morgan fingerprint density at radius 1 is 1.37 bits per heavy atom. The molecule has 9 nitrogen and oxygen atoms in total. The molecule has 2 atom stereocenters. The molecule has 0 radical (unpaired) electrons. The number of rotatable bonds is 10. The van der Waals surface area contributed by atoms with Crippen molar-refractivity contribution >= 4 is 25.0 Å². The van der Waals surface area contributed by atoms with E-state index in [1.54, 1.807) is 11.9 Å². The maximum absolute atomic E-state index is 13.9. The Kier molecular flexibility index (Phi) is 12.4. The number of hydrogen-bond acceptors (Lipinski definition) is 7. The number of likely N-dealkylation sites (tertiary alicyclic amines) is 1. The topological polar surface area (TPSA) is 115 Å². The average molecular weight is 495 g/mol. The van der Waals surface area contributed by atoms with Gasteiger partial charge in [-0.3, -0.25) is 9.79 Å². The number of halogens is 1. The molecule has 10 heteroatoms. The Bertz CT molecular complexity index is 851. The Morgan fingerprint density at radius 3 is 2.66 bits per heavy atom. The third kappa shape index (κ3) is 9.64. The van der Waals surface area contributed by atoms with Crippen molar-refractivity contribution in [2.45, 2.75) is 64.1 Å². The summed E-state index contributed by atoms with van der Waals surface area (Å²) in [5.74, 6) is -0.691. The van der Waals surface area contributed by atoms with E-state index < -0.39 is 29.5 Å². The first-order chi connectivity index (χ1) is 16.6. The first-order valence-electron chi connectivity index (χ1n) is 11.7. The van der Waals surface area contributed by atoms with Gasteiger partial charge < -0.3 is 29.8 Å². The summed E-state index contributed by atoms with van der Waals surface area (Å²) in [5.41, 5.74) is 4.01. The van der Waals surface area contributed by atoms with E-state index in [2.05, 4.69) is 17.4 Å². The highest BCUT2D eigenvalue weighted by molar-refractivity contribution is 5.96. The number of amides is 2. The largest absolute Gasteiger partial charge is 0.491 e. The number of aliphatic imine (C=N–C) groups is 1. The lowest BCUT2D eigenvalue weighted by Crippen LogP contribution is -2.42. The molecule has 1 heterocycles. The molecule has 196 valence electrons. The average Bonchev–Trinajstić information content (AvgIpc) is 3.29. The molecule has 1 aliphatic heterocycles. The van der Waals surface area contributed by atoms with Gasteiger partial charge in [0, 0.05) is 20.1 Å². The third-order valence-corrected chi connectivity index (χ3v) is 5.34. The SMILES string of the molecule is C=NC(C=O)CCCN(C)C(=O)c1cc(F)ccc1OCC1CCCN1C(=O)OC(C)(C)C.CN. The van der Waals surface area contributed by atoms with Crippen molar-refractivity contribution in [2.24, 2.45) is 10.7 Å². The van der Waals surface area contributed by atoms with E-state index in [0.29, 0.717) is 25.9 Å². The Balaban J connectivity index is 0.00000298. The van der Waals surface area contributed by atoms with Gasteiger partial charge in [0.05, 0.1) is 11.6 Å². The molecule has 1 aliphatic rings. The summed E-state index contributed by atoms with van der Waals surface area (Å²) in [4.78, 5) is 43.1. The Labute approximate surface area is 207 Å². The van der Waals surface area contributed by atoms with Gasteiger partial charge in [-0.1, -0.05) is 0 Å². The summed E-state index contributed by atoms with van der Waals surface area (Å²) in [5, 5.41) is 0. The van der Waals surface area contributed by atoms with Crippen molar-refractivity contribution in [3.63, 3.8) is 0 Å². The number of aldehydes is 1. The van der Waals surface area contributed by atoms with Crippen LogP contribution in [0.2, 0.25) is 0 Å². The monoisotopic (exact) mass is 494 g/mol. The molecule has 2 amide bonds. The maximum Gasteiger partial charge on any atom is 0.410 e. The fourth-order valence-electron chi connectivity index (χ4n) is 3.60. The second-order valence-corrected chi connectivity index (χ2v) is 9.18. The van der Waals surface area contributed by atoms with Gasteiger partial charge in [0.2, 0.25) is 0 Å². The van der Waals surface area contributed by atoms with Crippen molar-refractivity contribution < 1.29 is 28.2 Å². The van der Waals surface area contributed by atoms with Crippen molar-refractivity contribution in [2.75, 3.05) is 33.8 Å². The predicted octanol–water partition coefficient (Wildman–Crippen LogP) is 3.30. The van der Waals surface area contributed by atoms with Gasteiger partial charge in [0.1, 0.15) is 36.1 Å². The zero-order valence-corrected chi connectivity index (χ0v) is 21.5. The van der Waals surface area contributed by atoms with E-state index in [-0.39, 0.29) is 24.0 Å². The van der Waals surface area contributed by atoms with Crippen LogP contribution in [-0.4, -0.2) is 86.3 Å². The molecule has 0 bridgehead atoms. The first-order valence-corrected chi connectivity index (χ1v) is 11.7. The van der Waals surface area contributed by atoms with Gasteiger partial charge in [-0.15, -0.1) is 0 Å². The summed E-state index contributed by atoms with van der Waals surface area (Å²) >= 11 is 0. The summed E-state index contributed by atoms with van der Waals surface area (Å²) in [7, 11) is 3.11. The number of ether oxygens (including phenoxy) is 2. The van der Waals surface area contributed by atoms with Crippen LogP contribution >= 0.6 is 0 Å². The van der Waals surface area contributed by atoms with E-state index in [9.17, 15) is 18.8 Å². The summed E-state index contributed by atoms with van der Waals surface area (Å²) < 4.78 is 25.3. The van der Waals surface area contributed by atoms with Crippen molar-refractivity contribution in [1.82, 2.24) is 9.80 Å². The third-order valence-electron chi connectivity index (χ3n) is 5.34. The molecule has 2 unspecified atom stereocenters. The highest BCUT2D eigenvalue weighted by atomic mass is 19.1. The minimum Gasteiger partial charge on any atom is -0.491 e. The smallest absolute Gasteiger partial charge is 0.410 e. The zero-order valence-electron chi connectivity index (χ0n) is 21.5. The van der Waals surface area contributed by atoms with Gasteiger partial charge >= 0.3 is 6.09 Å². The van der Waals surface area contributed by atoms with Crippen LogP contribution < -0.4 is 10.5 Å². The minimum atomic E-state index is -0.598. The number of carbonyl (C=O) groups is 3. The van der Waals surface area contributed by atoms with E-state index in [0.717, 1.165) is 25.2 Å². The molecule has 2 N–H and O–H groups in total. The van der Waals surface area contributed by atoms with E-state index in [1.807, 2.05) is 20.8 Å². The Hall–Kier alpha value is -3.01. The van der Waals surface area contributed by atoms with Crippen LogP contribution in [0.3, 0.4) is 0 Å². The van der Waals surface area contributed by atoms with Crippen LogP contribution in [0.25, 0.3) is 0 Å². The van der Waals surface area contributed by atoms with Crippen LogP contribution in [-0.2, 0) is 9.53 Å². The van der Waals surface area contributed by atoms with E-state index >= 15 is 0 Å². The quantitative estimate of drug-likeness (QED) is 0.394. The second kappa shape index (κ2) is 14.4. The normalized spacial score (nSPS) is 16.0. The fraction of sp³-hybridized carbons (Fsp3) is 0.600. The number of hydrogen-bond donors (Lipinski definition) is 1. The molecular weight excluding hydrogens is 455 g/mol. The number of carbonyl (C=O) groups excluding carboxylic acids is 3. The minimum absolute atomic E-state index is 0.105. The predicted molar refractivity (Wildman–Crippen MR) is 134 cm³/mol. The number of benzene rings is 1. The molecule has 35 heavy (non-hydrogen) atoms. The standard InChI is InChI=1S/C24H34FN3O5.CH5N/c1-24(2,3)33-23(31)28-13-7-9-19(28)16-32-21-11-10-17(25)14-20(21)22(30)27(5)12-6-8-18(15-29)26-4;1-2/h10-11,14-15,18-19H,4,6-9,12-13,16H2,1-3,5H3;2H2,1H3. The summed E-state index contributed by atoms with van der Waals surface area (Å²) in [6, 6.07) is 3.11. The lowest BCUT2D eigenvalue weighted by atomic mass is 10.1. The highest BCUT2D eigenvalue weighted by Gasteiger charge is 2.33. The van der Waals surface area contributed by atoms with Crippen LogP contribution in [0, 0.1) is 5.82 Å². The maximum atomic E-state index is 13.9. The fourth-order valence-corrected chi connectivity index (χ4v) is 3.60. The highest BCUT2D eigenvalue weighted by Crippen LogP contribution is 2.25. The Morgan fingerprint density at radius 2 is 2.06 bits per heavy atom. The molecule has 1 aromatic rings. The summed E-state index contributed by atoms with van der Waals surface area (Å²) in [6.45, 7) is 9.91. The molecule has 1 saturated heterocycles. The van der Waals surface area contributed by atoms with Crippen LogP contribution in [0.5, 0.6) is 5.75 Å². The van der Waals surface area contributed by atoms with E-state index in [4.69, 9.17) is 9.47 Å². The zero-order chi connectivity index (χ0) is 26.6. The van der Waals surface area contributed by atoms with Crippen molar-refractivity contribution in [3.05, 3.63) is 29.6 Å². The molecule has 0 aliphatic carbocycles. The second-order valence-electron chi connectivity index (χ2n) is 9.18.